The Morgan fingerprint density at radius 2 is 1.82 bits per heavy atom. The first-order valence-corrected chi connectivity index (χ1v) is 8.72. The molecule has 0 radical (unpaired) electrons. The number of hydrogen-bond donors (Lipinski definition) is 0. The van der Waals surface area contributed by atoms with Crippen molar-refractivity contribution in [2.24, 2.45) is 0 Å². The van der Waals surface area contributed by atoms with Crippen molar-refractivity contribution in [3.05, 3.63) is 87.2 Å². The zero-order valence-electron chi connectivity index (χ0n) is 15.3. The van der Waals surface area contributed by atoms with Gasteiger partial charge >= 0.3 is 0 Å². The number of Topliss-reactive ketones (excluding diaryl/α,β-unsaturated/α-hetero) is 1. The minimum atomic E-state index is -0.471. The minimum absolute atomic E-state index is 0.0723. The first-order valence-electron chi connectivity index (χ1n) is 8.72. The highest BCUT2D eigenvalue weighted by Gasteiger charge is 2.23. The second-order valence-electron chi connectivity index (χ2n) is 6.74. The fourth-order valence-corrected chi connectivity index (χ4v) is 3.80. The van der Waals surface area contributed by atoms with Crippen LogP contribution < -0.4 is 4.73 Å². The van der Waals surface area contributed by atoms with Gasteiger partial charge in [0.15, 0.2) is 12.0 Å². The minimum Gasteiger partial charge on any atom is -0.618 e. The Labute approximate surface area is 160 Å². The van der Waals surface area contributed by atoms with Crippen molar-refractivity contribution in [1.82, 2.24) is 0 Å². The number of ketones is 1. The van der Waals surface area contributed by atoms with Gasteiger partial charge in [-0.25, -0.2) is 0 Å². The maximum absolute atomic E-state index is 12.7. The predicted octanol–water partition coefficient (Wildman–Crippen LogP) is 4.71. The lowest BCUT2D eigenvalue weighted by Crippen LogP contribution is -2.27. The molecule has 1 aromatic heterocycles. The first kappa shape index (κ1) is 17.6. The third kappa shape index (κ3) is 2.66. The van der Waals surface area contributed by atoms with Gasteiger partial charge < -0.3 is 5.21 Å². The number of fused-ring (bicyclic) bond motifs is 3. The molecule has 0 saturated heterocycles. The summed E-state index contributed by atoms with van der Waals surface area (Å²) in [6, 6.07) is 15.3. The van der Waals surface area contributed by atoms with Crippen molar-refractivity contribution in [2.45, 2.75) is 13.8 Å². The second-order valence-corrected chi connectivity index (χ2v) is 6.74. The molecule has 4 rings (SSSR count). The molecule has 0 aliphatic rings. The lowest BCUT2D eigenvalue weighted by molar-refractivity contribution is -0.575. The van der Waals surface area contributed by atoms with Gasteiger partial charge in [-0.1, -0.05) is 30.3 Å². The Hall–Kier alpha value is -3.80. The number of rotatable bonds is 3. The molecule has 6 heteroatoms. The van der Waals surface area contributed by atoms with E-state index in [-0.39, 0.29) is 11.5 Å². The van der Waals surface area contributed by atoms with Crippen molar-refractivity contribution in [2.75, 3.05) is 0 Å². The lowest BCUT2D eigenvalue weighted by Gasteiger charge is -2.16. The van der Waals surface area contributed by atoms with Crippen molar-refractivity contribution in [3.8, 4) is 11.1 Å². The molecule has 4 aromatic rings. The number of benzene rings is 3. The number of carbonyl (C=O) groups excluding carboxylic acids is 1. The molecule has 138 valence electrons. The molecule has 0 unspecified atom stereocenters. The summed E-state index contributed by atoms with van der Waals surface area (Å²) in [7, 11) is 0. The summed E-state index contributed by atoms with van der Waals surface area (Å²) in [5, 5.41) is 26.2. The zero-order chi connectivity index (χ0) is 20.0. The van der Waals surface area contributed by atoms with Gasteiger partial charge in [-0.3, -0.25) is 14.9 Å². The van der Waals surface area contributed by atoms with Crippen molar-refractivity contribution in [3.63, 3.8) is 0 Å². The second kappa shape index (κ2) is 6.42. The molecular weight excluding hydrogens is 356 g/mol. The van der Waals surface area contributed by atoms with E-state index in [1.54, 1.807) is 25.1 Å². The summed E-state index contributed by atoms with van der Waals surface area (Å²) < 4.78 is 0.787. The topological polar surface area (TPSA) is 87.1 Å². The summed E-state index contributed by atoms with van der Waals surface area (Å²) >= 11 is 0. The monoisotopic (exact) mass is 372 g/mol. The van der Waals surface area contributed by atoms with E-state index in [9.17, 15) is 20.1 Å². The first-order chi connectivity index (χ1) is 13.4. The smallest absolute Gasteiger partial charge is 0.270 e. The molecule has 28 heavy (non-hydrogen) atoms. The van der Waals surface area contributed by atoms with Gasteiger partial charge in [0.2, 0.25) is 5.52 Å². The number of nitro groups is 1. The van der Waals surface area contributed by atoms with Crippen LogP contribution in [0.15, 0.2) is 60.8 Å². The number of non-ortho nitro benzene ring substituents is 1. The van der Waals surface area contributed by atoms with E-state index in [2.05, 4.69) is 0 Å². The van der Waals surface area contributed by atoms with E-state index in [1.807, 2.05) is 24.3 Å². The fourth-order valence-electron chi connectivity index (χ4n) is 3.80. The SMILES string of the molecule is CC(=O)c1c(C)cc2c(c1-c1cccc([N+](=O)[O-])c1)c1ccccc1c[n+]2[O-]. The number of pyridine rings is 1. The number of aryl methyl sites for hydroxylation is 1. The standard InChI is InChI=1S/C22H16N2O4/c1-13-10-19-22(18-9-4-3-6-16(18)12-23(19)26)21(20(13)14(2)25)15-7-5-8-17(11-15)24(27)28/h3-12H,1-2H3. The van der Waals surface area contributed by atoms with Crippen LogP contribution >= 0.6 is 0 Å². The largest absolute Gasteiger partial charge is 0.618 e. The number of nitro benzene ring substituents is 1. The summed E-state index contributed by atoms with van der Waals surface area (Å²) in [5.41, 5.74) is 2.54. The molecule has 0 saturated carbocycles. The van der Waals surface area contributed by atoms with Gasteiger partial charge in [-0.2, -0.15) is 4.73 Å². The summed E-state index contributed by atoms with van der Waals surface area (Å²) in [6.07, 6.45) is 1.50. The van der Waals surface area contributed by atoms with Crippen LogP contribution in [0.2, 0.25) is 0 Å². The molecule has 0 spiro atoms. The Kier molecular flexibility index (Phi) is 4.04. The van der Waals surface area contributed by atoms with Crippen molar-refractivity contribution < 1.29 is 14.4 Å². The van der Waals surface area contributed by atoms with Crippen LogP contribution in [0.4, 0.5) is 5.69 Å². The maximum Gasteiger partial charge on any atom is 0.270 e. The number of aromatic nitrogens is 1. The summed E-state index contributed by atoms with van der Waals surface area (Å²) in [5.74, 6) is -0.161. The Morgan fingerprint density at radius 3 is 2.54 bits per heavy atom. The van der Waals surface area contributed by atoms with E-state index in [1.165, 1.54) is 25.3 Å². The Bertz CT molecular complexity index is 1290. The molecule has 0 aliphatic carbocycles. The van der Waals surface area contributed by atoms with Crippen LogP contribution in [-0.2, 0) is 0 Å². The van der Waals surface area contributed by atoms with E-state index in [4.69, 9.17) is 0 Å². The van der Waals surface area contributed by atoms with Crippen LogP contribution in [0.5, 0.6) is 0 Å². The predicted molar refractivity (Wildman–Crippen MR) is 107 cm³/mol. The maximum atomic E-state index is 12.7. The highest BCUT2D eigenvalue weighted by molar-refractivity contribution is 6.17. The Morgan fingerprint density at radius 1 is 1.07 bits per heavy atom. The van der Waals surface area contributed by atoms with Crippen molar-refractivity contribution >= 4 is 33.1 Å². The van der Waals surface area contributed by atoms with E-state index < -0.39 is 4.92 Å². The molecule has 3 aromatic carbocycles. The molecule has 0 atom stereocenters. The van der Waals surface area contributed by atoms with Crippen LogP contribution in [0.25, 0.3) is 32.8 Å². The molecule has 0 aliphatic heterocycles. The molecule has 1 heterocycles. The summed E-state index contributed by atoms with van der Waals surface area (Å²) in [6.45, 7) is 3.23. The third-order valence-corrected chi connectivity index (χ3v) is 4.93. The highest BCUT2D eigenvalue weighted by atomic mass is 16.6. The van der Waals surface area contributed by atoms with Crippen LogP contribution in [0.1, 0.15) is 22.8 Å². The van der Waals surface area contributed by atoms with Gasteiger partial charge in [0.05, 0.1) is 10.3 Å². The average Bonchev–Trinajstić information content (AvgIpc) is 2.67. The Balaban J connectivity index is 2.28. The van der Waals surface area contributed by atoms with Gasteiger partial charge in [-0.15, -0.1) is 0 Å². The van der Waals surface area contributed by atoms with Gasteiger partial charge in [0.1, 0.15) is 0 Å². The molecule has 0 amide bonds. The molecule has 0 bridgehead atoms. The summed E-state index contributed by atoms with van der Waals surface area (Å²) in [4.78, 5) is 23.3. The van der Waals surface area contributed by atoms with Crippen LogP contribution in [0, 0.1) is 22.2 Å². The lowest BCUT2D eigenvalue weighted by atomic mass is 9.88. The molecule has 0 N–H and O–H groups in total. The number of hydrogen-bond acceptors (Lipinski definition) is 4. The van der Waals surface area contributed by atoms with E-state index >= 15 is 0 Å². The van der Waals surface area contributed by atoms with E-state index in [0.29, 0.717) is 33.2 Å². The number of carbonyl (C=O) groups is 1. The van der Waals surface area contributed by atoms with Crippen molar-refractivity contribution in [1.29, 1.82) is 0 Å². The highest BCUT2D eigenvalue weighted by Crippen LogP contribution is 2.38. The third-order valence-electron chi connectivity index (χ3n) is 4.93. The van der Waals surface area contributed by atoms with Gasteiger partial charge in [-0.05, 0) is 31.0 Å². The molecular formula is C22H16N2O4. The van der Waals surface area contributed by atoms with E-state index in [0.717, 1.165) is 15.5 Å². The zero-order valence-corrected chi connectivity index (χ0v) is 15.3. The number of nitrogens with zero attached hydrogens (tertiary/aromatic N) is 2. The van der Waals surface area contributed by atoms with Gasteiger partial charge in [0.25, 0.3) is 5.69 Å². The normalized spacial score (nSPS) is 11.1. The molecule has 6 nitrogen and oxygen atoms in total. The van der Waals surface area contributed by atoms with Crippen LogP contribution in [-0.4, -0.2) is 10.7 Å². The average molecular weight is 372 g/mol. The molecule has 0 fully saturated rings. The fraction of sp³-hybridized carbons (Fsp3) is 0.0909. The quantitative estimate of drug-likeness (QED) is 0.130. The van der Waals surface area contributed by atoms with Gasteiger partial charge in [0, 0.05) is 40.1 Å². The van der Waals surface area contributed by atoms with Crippen LogP contribution in [0.3, 0.4) is 0 Å².